The molecule has 1 rings (SSSR count). The van der Waals surface area contributed by atoms with Crippen LogP contribution in [0.15, 0.2) is 0 Å². The largest absolute Gasteiger partial charge is 0.314 e. The second-order valence-electron chi connectivity index (χ2n) is 5.27. The Morgan fingerprint density at radius 1 is 1.13 bits per heavy atom. The van der Waals surface area contributed by atoms with E-state index in [1.807, 2.05) is 0 Å². The predicted octanol–water partition coefficient (Wildman–Crippen LogP) is 3.98. The monoisotopic (exact) mass is 211 g/mol. The number of nitrogens with one attached hydrogen (secondary N) is 1. The fourth-order valence-electron chi connectivity index (χ4n) is 2.96. The molecule has 1 heteroatoms. The summed E-state index contributed by atoms with van der Waals surface area (Å²) in [6.45, 7) is 8.00. The maximum Gasteiger partial charge on any atom is 0.00668 e. The molecular weight excluding hydrogens is 182 g/mol. The molecule has 1 nitrogen and oxygen atoms in total. The van der Waals surface area contributed by atoms with E-state index in [-0.39, 0.29) is 0 Å². The van der Waals surface area contributed by atoms with Crippen LogP contribution in [-0.4, -0.2) is 12.6 Å². The molecule has 0 aromatic rings. The molecule has 0 spiro atoms. The molecule has 1 N–H and O–H groups in total. The summed E-state index contributed by atoms with van der Waals surface area (Å²) in [5.74, 6) is 2.00. The van der Waals surface area contributed by atoms with Crippen LogP contribution in [0.5, 0.6) is 0 Å². The highest BCUT2D eigenvalue weighted by Gasteiger charge is 2.24. The van der Waals surface area contributed by atoms with E-state index in [0.717, 1.165) is 24.4 Å². The smallest absolute Gasteiger partial charge is 0.00668 e. The standard InChI is InChI=1S/C14H29N/c1-4-6-7-13-8-10-14(11-9-13)12(3)15-5-2/h12-15H,4-11H2,1-3H3. The molecule has 1 aliphatic rings. The Kier molecular flexibility index (Phi) is 6.31. The number of unbranched alkanes of at least 4 members (excludes halogenated alkanes) is 1. The molecule has 0 aromatic carbocycles. The summed E-state index contributed by atoms with van der Waals surface area (Å²) in [5, 5.41) is 3.57. The van der Waals surface area contributed by atoms with E-state index < -0.39 is 0 Å². The molecule has 90 valence electrons. The topological polar surface area (TPSA) is 12.0 Å². The highest BCUT2D eigenvalue weighted by atomic mass is 14.9. The van der Waals surface area contributed by atoms with Crippen molar-refractivity contribution in [1.82, 2.24) is 5.32 Å². The lowest BCUT2D eigenvalue weighted by Gasteiger charge is -2.32. The van der Waals surface area contributed by atoms with Gasteiger partial charge in [0.1, 0.15) is 0 Å². The van der Waals surface area contributed by atoms with Gasteiger partial charge in [-0.25, -0.2) is 0 Å². The van der Waals surface area contributed by atoms with Crippen LogP contribution in [0.4, 0.5) is 0 Å². The molecule has 1 unspecified atom stereocenters. The van der Waals surface area contributed by atoms with E-state index in [2.05, 4.69) is 26.1 Å². The number of hydrogen-bond donors (Lipinski definition) is 1. The van der Waals surface area contributed by atoms with Gasteiger partial charge in [0.15, 0.2) is 0 Å². The molecule has 0 radical (unpaired) electrons. The Labute approximate surface area is 96.0 Å². The third-order valence-corrected chi connectivity index (χ3v) is 4.09. The lowest BCUT2D eigenvalue weighted by molar-refractivity contribution is 0.221. The lowest BCUT2D eigenvalue weighted by Crippen LogP contribution is -2.35. The van der Waals surface area contributed by atoms with Gasteiger partial charge in [-0.3, -0.25) is 0 Å². The van der Waals surface area contributed by atoms with Crippen molar-refractivity contribution < 1.29 is 0 Å². The Bertz CT molecular complexity index is 147. The number of rotatable bonds is 6. The van der Waals surface area contributed by atoms with Crippen molar-refractivity contribution in [2.24, 2.45) is 11.8 Å². The summed E-state index contributed by atoms with van der Waals surface area (Å²) in [6, 6.07) is 0.738. The molecule has 0 bridgehead atoms. The summed E-state index contributed by atoms with van der Waals surface area (Å²) in [5.41, 5.74) is 0. The van der Waals surface area contributed by atoms with Crippen LogP contribution in [0, 0.1) is 11.8 Å². The molecular formula is C14H29N. The quantitative estimate of drug-likeness (QED) is 0.700. The summed E-state index contributed by atoms with van der Waals surface area (Å²) in [4.78, 5) is 0. The van der Waals surface area contributed by atoms with E-state index in [1.54, 1.807) is 0 Å². The SMILES string of the molecule is CCCCC1CCC(C(C)NCC)CC1. The zero-order chi connectivity index (χ0) is 11.1. The van der Waals surface area contributed by atoms with Crippen molar-refractivity contribution in [2.45, 2.75) is 71.8 Å². The van der Waals surface area contributed by atoms with Gasteiger partial charge < -0.3 is 5.32 Å². The molecule has 0 amide bonds. The minimum atomic E-state index is 0.738. The van der Waals surface area contributed by atoms with Crippen LogP contribution in [0.25, 0.3) is 0 Å². The zero-order valence-electron chi connectivity index (χ0n) is 10.9. The van der Waals surface area contributed by atoms with Gasteiger partial charge >= 0.3 is 0 Å². The molecule has 1 fully saturated rings. The molecule has 0 aliphatic heterocycles. The van der Waals surface area contributed by atoms with E-state index >= 15 is 0 Å². The fourth-order valence-corrected chi connectivity index (χ4v) is 2.96. The van der Waals surface area contributed by atoms with Crippen LogP contribution in [0.1, 0.15) is 65.7 Å². The predicted molar refractivity (Wildman–Crippen MR) is 68.1 cm³/mol. The molecule has 0 aromatic heterocycles. The Morgan fingerprint density at radius 2 is 1.80 bits per heavy atom. The van der Waals surface area contributed by atoms with Gasteiger partial charge in [-0.1, -0.05) is 46.0 Å². The van der Waals surface area contributed by atoms with Crippen molar-refractivity contribution in [2.75, 3.05) is 6.54 Å². The first kappa shape index (κ1) is 13.0. The van der Waals surface area contributed by atoms with Crippen LogP contribution >= 0.6 is 0 Å². The minimum Gasteiger partial charge on any atom is -0.314 e. The normalized spacial score (nSPS) is 29.0. The Morgan fingerprint density at radius 3 is 2.33 bits per heavy atom. The number of hydrogen-bond acceptors (Lipinski definition) is 1. The third-order valence-electron chi connectivity index (χ3n) is 4.09. The first-order valence-corrected chi connectivity index (χ1v) is 7.01. The van der Waals surface area contributed by atoms with Gasteiger partial charge in [0.2, 0.25) is 0 Å². The maximum atomic E-state index is 3.57. The van der Waals surface area contributed by atoms with Gasteiger partial charge in [-0.05, 0) is 38.1 Å². The third kappa shape index (κ3) is 4.55. The van der Waals surface area contributed by atoms with Crippen molar-refractivity contribution in [3.8, 4) is 0 Å². The van der Waals surface area contributed by atoms with Crippen molar-refractivity contribution in [3.05, 3.63) is 0 Å². The molecule has 15 heavy (non-hydrogen) atoms. The summed E-state index contributed by atoms with van der Waals surface area (Å²) < 4.78 is 0. The van der Waals surface area contributed by atoms with Gasteiger partial charge in [0.05, 0.1) is 0 Å². The van der Waals surface area contributed by atoms with Gasteiger partial charge in [-0.15, -0.1) is 0 Å². The highest BCUT2D eigenvalue weighted by molar-refractivity contribution is 4.79. The van der Waals surface area contributed by atoms with Crippen molar-refractivity contribution in [3.63, 3.8) is 0 Å². The van der Waals surface area contributed by atoms with E-state index in [4.69, 9.17) is 0 Å². The minimum absolute atomic E-state index is 0.738. The van der Waals surface area contributed by atoms with Crippen LogP contribution in [0.2, 0.25) is 0 Å². The van der Waals surface area contributed by atoms with Gasteiger partial charge in [-0.2, -0.15) is 0 Å². The first-order chi connectivity index (χ1) is 7.27. The Hall–Kier alpha value is -0.0400. The lowest BCUT2D eigenvalue weighted by atomic mass is 9.77. The first-order valence-electron chi connectivity index (χ1n) is 7.01. The van der Waals surface area contributed by atoms with Gasteiger partial charge in [0.25, 0.3) is 0 Å². The molecule has 0 saturated heterocycles. The molecule has 1 aliphatic carbocycles. The molecule has 1 atom stereocenters. The second kappa shape index (κ2) is 7.27. The van der Waals surface area contributed by atoms with Crippen LogP contribution < -0.4 is 5.32 Å². The average molecular weight is 211 g/mol. The molecule has 1 saturated carbocycles. The van der Waals surface area contributed by atoms with Crippen LogP contribution in [0.3, 0.4) is 0 Å². The van der Waals surface area contributed by atoms with E-state index in [1.165, 1.54) is 44.9 Å². The van der Waals surface area contributed by atoms with Crippen molar-refractivity contribution >= 4 is 0 Å². The van der Waals surface area contributed by atoms with Crippen LogP contribution in [-0.2, 0) is 0 Å². The zero-order valence-corrected chi connectivity index (χ0v) is 10.9. The summed E-state index contributed by atoms with van der Waals surface area (Å²) >= 11 is 0. The summed E-state index contributed by atoms with van der Waals surface area (Å²) in [7, 11) is 0. The van der Waals surface area contributed by atoms with E-state index in [0.29, 0.717) is 0 Å². The van der Waals surface area contributed by atoms with E-state index in [9.17, 15) is 0 Å². The van der Waals surface area contributed by atoms with Gasteiger partial charge in [0, 0.05) is 6.04 Å². The van der Waals surface area contributed by atoms with Crippen molar-refractivity contribution in [1.29, 1.82) is 0 Å². The Balaban J connectivity index is 2.17. The highest BCUT2D eigenvalue weighted by Crippen LogP contribution is 2.33. The molecule has 0 heterocycles. The average Bonchev–Trinajstić information content (AvgIpc) is 2.27. The summed E-state index contributed by atoms with van der Waals surface area (Å²) in [6.07, 6.45) is 10.2. The second-order valence-corrected chi connectivity index (χ2v) is 5.27. The fraction of sp³-hybridized carbons (Fsp3) is 1.00. The maximum absolute atomic E-state index is 3.57.